The molecule has 0 aromatic heterocycles. The lowest BCUT2D eigenvalue weighted by Gasteiger charge is -2.05. The van der Waals surface area contributed by atoms with E-state index in [-0.39, 0.29) is 0 Å². The van der Waals surface area contributed by atoms with Gasteiger partial charge in [-0.3, -0.25) is 0 Å². The fourth-order valence-electron chi connectivity index (χ4n) is 1.89. The van der Waals surface area contributed by atoms with E-state index in [0.717, 1.165) is 0 Å². The molecule has 0 aromatic rings. The standard InChI is InChI=1S/C12H27N3/c1-2-7-13-9-4-5-10-15-12-6-11-14-8-3-1/h13-15H,1-12H2. The Morgan fingerprint density at radius 2 is 0.667 bits per heavy atom. The quantitative estimate of drug-likeness (QED) is 0.564. The summed E-state index contributed by atoms with van der Waals surface area (Å²) in [4.78, 5) is 0. The van der Waals surface area contributed by atoms with Crippen LogP contribution < -0.4 is 16.0 Å². The maximum absolute atomic E-state index is 3.51. The summed E-state index contributed by atoms with van der Waals surface area (Å²) in [6.45, 7) is 7.11. The molecule has 0 bridgehead atoms. The third-order valence-electron chi connectivity index (χ3n) is 2.87. The zero-order valence-corrected chi connectivity index (χ0v) is 9.99. The molecule has 1 saturated heterocycles. The third kappa shape index (κ3) is 8.85. The van der Waals surface area contributed by atoms with Gasteiger partial charge >= 0.3 is 0 Å². The minimum atomic E-state index is 1.17. The first-order chi connectivity index (χ1) is 7.50. The fraction of sp³-hybridized carbons (Fsp3) is 1.00. The molecule has 1 fully saturated rings. The smallest absolute Gasteiger partial charge is 0.00368 e. The third-order valence-corrected chi connectivity index (χ3v) is 2.87. The summed E-state index contributed by atoms with van der Waals surface area (Å²) in [5, 5.41) is 10.5. The number of hydrogen-bond donors (Lipinski definition) is 3. The van der Waals surface area contributed by atoms with Gasteiger partial charge in [0.1, 0.15) is 0 Å². The highest BCUT2D eigenvalue weighted by Crippen LogP contribution is 1.93. The Hall–Kier alpha value is -0.120. The summed E-state index contributed by atoms with van der Waals surface area (Å²) in [6.07, 6.45) is 7.90. The lowest BCUT2D eigenvalue weighted by molar-refractivity contribution is 0.565. The minimum absolute atomic E-state index is 1.17. The number of hydrogen-bond acceptors (Lipinski definition) is 3. The van der Waals surface area contributed by atoms with Crippen LogP contribution in [0.3, 0.4) is 0 Å². The van der Waals surface area contributed by atoms with Crippen LogP contribution in [0.5, 0.6) is 0 Å². The largest absolute Gasteiger partial charge is 0.317 e. The van der Waals surface area contributed by atoms with Gasteiger partial charge in [0, 0.05) is 0 Å². The molecule has 0 radical (unpaired) electrons. The molecule has 3 N–H and O–H groups in total. The van der Waals surface area contributed by atoms with Crippen LogP contribution >= 0.6 is 0 Å². The normalized spacial score (nSPS) is 24.0. The van der Waals surface area contributed by atoms with Crippen molar-refractivity contribution in [1.29, 1.82) is 0 Å². The second-order valence-corrected chi connectivity index (χ2v) is 4.37. The van der Waals surface area contributed by atoms with E-state index < -0.39 is 0 Å². The summed E-state index contributed by atoms with van der Waals surface area (Å²) < 4.78 is 0. The maximum atomic E-state index is 3.51. The molecule has 0 spiro atoms. The van der Waals surface area contributed by atoms with Gasteiger partial charge in [0.2, 0.25) is 0 Å². The molecular formula is C12H27N3. The van der Waals surface area contributed by atoms with E-state index in [0.29, 0.717) is 0 Å². The van der Waals surface area contributed by atoms with Crippen LogP contribution in [0.4, 0.5) is 0 Å². The molecule has 0 saturated carbocycles. The second-order valence-electron chi connectivity index (χ2n) is 4.37. The summed E-state index contributed by atoms with van der Waals surface area (Å²) in [5.41, 5.74) is 0. The second kappa shape index (κ2) is 10.4. The Morgan fingerprint density at radius 1 is 0.333 bits per heavy atom. The monoisotopic (exact) mass is 213 g/mol. The molecule has 0 unspecified atom stereocenters. The zero-order valence-electron chi connectivity index (χ0n) is 9.99. The summed E-state index contributed by atoms with van der Waals surface area (Å²) in [5.74, 6) is 0. The highest BCUT2D eigenvalue weighted by atomic mass is 14.9. The topological polar surface area (TPSA) is 36.1 Å². The van der Waals surface area contributed by atoms with Crippen molar-refractivity contribution in [2.75, 3.05) is 39.3 Å². The van der Waals surface area contributed by atoms with Gasteiger partial charge in [-0.2, -0.15) is 0 Å². The zero-order chi connectivity index (χ0) is 10.6. The Balaban J connectivity index is 2.01. The fourth-order valence-corrected chi connectivity index (χ4v) is 1.89. The highest BCUT2D eigenvalue weighted by molar-refractivity contribution is 4.56. The van der Waals surface area contributed by atoms with Crippen molar-refractivity contribution in [3.05, 3.63) is 0 Å². The molecule has 15 heavy (non-hydrogen) atoms. The van der Waals surface area contributed by atoms with Crippen LogP contribution in [0.2, 0.25) is 0 Å². The van der Waals surface area contributed by atoms with E-state index in [2.05, 4.69) is 16.0 Å². The highest BCUT2D eigenvalue weighted by Gasteiger charge is 1.94. The van der Waals surface area contributed by atoms with Gasteiger partial charge in [0.15, 0.2) is 0 Å². The van der Waals surface area contributed by atoms with Crippen molar-refractivity contribution >= 4 is 0 Å². The van der Waals surface area contributed by atoms with Crippen molar-refractivity contribution in [2.45, 2.75) is 38.5 Å². The van der Waals surface area contributed by atoms with Gasteiger partial charge in [-0.15, -0.1) is 0 Å². The molecule has 0 amide bonds. The molecule has 0 aromatic carbocycles. The molecule has 3 nitrogen and oxygen atoms in total. The summed E-state index contributed by atoms with van der Waals surface area (Å²) >= 11 is 0. The van der Waals surface area contributed by atoms with Gasteiger partial charge in [-0.05, 0) is 71.4 Å². The van der Waals surface area contributed by atoms with E-state index in [1.807, 2.05) is 0 Å². The minimum Gasteiger partial charge on any atom is -0.317 e. The van der Waals surface area contributed by atoms with Crippen LogP contribution in [-0.4, -0.2) is 39.3 Å². The molecule has 1 heterocycles. The predicted molar refractivity (Wildman–Crippen MR) is 66.3 cm³/mol. The van der Waals surface area contributed by atoms with Crippen LogP contribution in [0.15, 0.2) is 0 Å². The first-order valence-corrected chi connectivity index (χ1v) is 6.62. The van der Waals surface area contributed by atoms with Crippen LogP contribution in [0.1, 0.15) is 38.5 Å². The average Bonchev–Trinajstić information content (AvgIpc) is 2.27. The lowest BCUT2D eigenvalue weighted by atomic mass is 10.2. The van der Waals surface area contributed by atoms with E-state index in [1.165, 1.54) is 77.8 Å². The van der Waals surface area contributed by atoms with Gasteiger partial charge in [0.05, 0.1) is 0 Å². The van der Waals surface area contributed by atoms with Gasteiger partial charge < -0.3 is 16.0 Å². The first-order valence-electron chi connectivity index (χ1n) is 6.62. The van der Waals surface area contributed by atoms with Gasteiger partial charge in [-0.1, -0.05) is 6.42 Å². The number of rotatable bonds is 0. The van der Waals surface area contributed by atoms with E-state index >= 15 is 0 Å². The van der Waals surface area contributed by atoms with E-state index in [9.17, 15) is 0 Å². The van der Waals surface area contributed by atoms with Crippen molar-refractivity contribution in [3.63, 3.8) is 0 Å². The van der Waals surface area contributed by atoms with Crippen molar-refractivity contribution in [2.24, 2.45) is 0 Å². The molecule has 3 heteroatoms. The molecule has 1 aliphatic rings. The summed E-state index contributed by atoms with van der Waals surface area (Å²) in [7, 11) is 0. The molecule has 0 atom stereocenters. The van der Waals surface area contributed by atoms with Gasteiger partial charge in [-0.25, -0.2) is 0 Å². The molecule has 0 aliphatic carbocycles. The SMILES string of the molecule is C1CCNCCCCNCCCNCC1. The van der Waals surface area contributed by atoms with E-state index in [4.69, 9.17) is 0 Å². The maximum Gasteiger partial charge on any atom is -0.00368 e. The Kier molecular flexibility index (Phi) is 8.98. The van der Waals surface area contributed by atoms with Crippen molar-refractivity contribution in [3.8, 4) is 0 Å². The molecule has 1 aliphatic heterocycles. The Bertz CT molecular complexity index is 69.4. The van der Waals surface area contributed by atoms with Crippen molar-refractivity contribution in [1.82, 2.24) is 16.0 Å². The molecule has 1 rings (SSSR count). The van der Waals surface area contributed by atoms with Gasteiger partial charge in [0.25, 0.3) is 0 Å². The first kappa shape index (κ1) is 12.9. The van der Waals surface area contributed by atoms with Crippen LogP contribution in [-0.2, 0) is 0 Å². The van der Waals surface area contributed by atoms with E-state index in [1.54, 1.807) is 0 Å². The predicted octanol–water partition coefficient (Wildman–Crippen LogP) is 1.11. The Labute approximate surface area is 94.4 Å². The Morgan fingerprint density at radius 3 is 1.13 bits per heavy atom. The number of nitrogens with one attached hydrogen (secondary N) is 3. The molecular weight excluding hydrogens is 186 g/mol. The lowest BCUT2D eigenvalue weighted by Crippen LogP contribution is -2.23. The van der Waals surface area contributed by atoms with Crippen LogP contribution in [0.25, 0.3) is 0 Å². The van der Waals surface area contributed by atoms with Crippen molar-refractivity contribution < 1.29 is 0 Å². The molecule has 90 valence electrons. The summed E-state index contributed by atoms with van der Waals surface area (Å²) in [6, 6.07) is 0. The average molecular weight is 213 g/mol. The van der Waals surface area contributed by atoms with Crippen LogP contribution in [0, 0.1) is 0 Å².